The quantitative estimate of drug-likeness (QED) is 0.543. The van der Waals surface area contributed by atoms with Gasteiger partial charge in [0, 0.05) is 11.6 Å². The zero-order chi connectivity index (χ0) is 8.55. The number of nitrogens with zero attached hydrogens (tertiary/aromatic N) is 2. The van der Waals surface area contributed by atoms with E-state index in [1.165, 1.54) is 5.56 Å². The van der Waals surface area contributed by atoms with Crippen molar-refractivity contribution in [3.63, 3.8) is 0 Å². The lowest BCUT2D eigenvalue weighted by molar-refractivity contribution is 1.23. The van der Waals surface area contributed by atoms with E-state index >= 15 is 0 Å². The molecule has 0 saturated carbocycles. The van der Waals surface area contributed by atoms with Gasteiger partial charge in [0.1, 0.15) is 3.70 Å². The fourth-order valence-electron chi connectivity index (χ4n) is 1.10. The molecule has 2 aromatic rings. The van der Waals surface area contributed by atoms with Crippen molar-refractivity contribution in [3.8, 4) is 0 Å². The van der Waals surface area contributed by atoms with Gasteiger partial charge < -0.3 is 0 Å². The maximum Gasteiger partial charge on any atom is 0.160 e. The number of aromatic nitrogens is 2. The summed E-state index contributed by atoms with van der Waals surface area (Å²) < 4.78 is 0.983. The Morgan fingerprint density at radius 2 is 2.17 bits per heavy atom. The first-order valence-electron chi connectivity index (χ1n) is 3.64. The SMILES string of the molecule is Cc1cnc2nc(I)ccc2c1. The van der Waals surface area contributed by atoms with Gasteiger partial charge in [-0.3, -0.25) is 0 Å². The van der Waals surface area contributed by atoms with Crippen LogP contribution in [-0.4, -0.2) is 9.97 Å². The van der Waals surface area contributed by atoms with Crippen LogP contribution < -0.4 is 0 Å². The van der Waals surface area contributed by atoms with Gasteiger partial charge in [-0.25, -0.2) is 9.97 Å². The number of fused-ring (bicyclic) bond motifs is 1. The average molecular weight is 270 g/mol. The molecule has 0 radical (unpaired) electrons. The molecule has 12 heavy (non-hydrogen) atoms. The van der Waals surface area contributed by atoms with Gasteiger partial charge in [0.2, 0.25) is 0 Å². The normalized spacial score (nSPS) is 10.5. The van der Waals surface area contributed by atoms with Crippen LogP contribution in [0, 0.1) is 10.6 Å². The van der Waals surface area contributed by atoms with Crippen molar-refractivity contribution >= 4 is 33.6 Å². The Morgan fingerprint density at radius 1 is 1.33 bits per heavy atom. The monoisotopic (exact) mass is 270 g/mol. The molecule has 0 bridgehead atoms. The predicted molar refractivity (Wildman–Crippen MR) is 57.0 cm³/mol. The summed E-state index contributed by atoms with van der Waals surface area (Å²) in [4.78, 5) is 8.52. The summed E-state index contributed by atoms with van der Waals surface area (Å²) in [7, 11) is 0. The van der Waals surface area contributed by atoms with Crippen molar-refractivity contribution in [2.75, 3.05) is 0 Å². The van der Waals surface area contributed by atoms with E-state index in [9.17, 15) is 0 Å². The second kappa shape index (κ2) is 2.97. The van der Waals surface area contributed by atoms with E-state index in [0.29, 0.717) is 0 Å². The highest BCUT2D eigenvalue weighted by Crippen LogP contribution is 2.12. The van der Waals surface area contributed by atoms with Crippen LogP contribution in [0.25, 0.3) is 11.0 Å². The number of halogens is 1. The van der Waals surface area contributed by atoms with E-state index in [2.05, 4.69) is 38.6 Å². The Morgan fingerprint density at radius 3 is 3.00 bits per heavy atom. The highest BCUT2D eigenvalue weighted by Gasteiger charge is 1.96. The molecule has 0 aliphatic rings. The molecule has 0 aromatic carbocycles. The summed E-state index contributed by atoms with van der Waals surface area (Å²) in [6, 6.07) is 6.12. The topological polar surface area (TPSA) is 25.8 Å². The molecule has 0 saturated heterocycles. The summed E-state index contributed by atoms with van der Waals surface area (Å²) in [6.45, 7) is 2.03. The lowest BCUT2D eigenvalue weighted by atomic mass is 10.2. The summed E-state index contributed by atoms with van der Waals surface area (Å²) >= 11 is 2.19. The minimum Gasteiger partial charge on any atom is -0.236 e. The molecule has 2 aromatic heterocycles. The maximum atomic E-state index is 4.29. The van der Waals surface area contributed by atoms with Crippen LogP contribution in [0.1, 0.15) is 5.56 Å². The largest absolute Gasteiger partial charge is 0.236 e. The molecule has 60 valence electrons. The minimum atomic E-state index is 0.826. The number of hydrogen-bond donors (Lipinski definition) is 0. The highest BCUT2D eigenvalue weighted by molar-refractivity contribution is 14.1. The minimum absolute atomic E-state index is 0.826. The van der Waals surface area contributed by atoms with E-state index in [4.69, 9.17) is 0 Å². The van der Waals surface area contributed by atoms with Gasteiger partial charge in [-0.05, 0) is 53.3 Å². The first-order valence-corrected chi connectivity index (χ1v) is 4.72. The van der Waals surface area contributed by atoms with E-state index in [1.54, 1.807) is 0 Å². The second-order valence-corrected chi connectivity index (χ2v) is 3.80. The van der Waals surface area contributed by atoms with Crippen molar-refractivity contribution in [1.29, 1.82) is 0 Å². The summed E-state index contributed by atoms with van der Waals surface area (Å²) in [5.41, 5.74) is 2.00. The molecule has 0 aliphatic heterocycles. The molecule has 0 aliphatic carbocycles. The Bertz CT molecular complexity index is 385. The molecule has 0 atom stereocenters. The van der Waals surface area contributed by atoms with E-state index in [1.807, 2.05) is 25.3 Å². The Balaban J connectivity index is 2.79. The number of pyridine rings is 2. The molecule has 0 unspecified atom stereocenters. The van der Waals surface area contributed by atoms with Gasteiger partial charge in [0.25, 0.3) is 0 Å². The third-order valence-corrected chi connectivity index (χ3v) is 2.25. The second-order valence-electron chi connectivity index (χ2n) is 2.69. The van der Waals surface area contributed by atoms with Crippen molar-refractivity contribution in [1.82, 2.24) is 9.97 Å². The summed E-state index contributed by atoms with van der Waals surface area (Å²) in [5, 5.41) is 1.11. The molecule has 0 N–H and O–H groups in total. The molecule has 0 amide bonds. The third-order valence-electron chi connectivity index (χ3n) is 1.64. The first kappa shape index (κ1) is 7.91. The Kier molecular flexibility index (Phi) is 1.96. The average Bonchev–Trinajstić information content (AvgIpc) is 2.05. The summed E-state index contributed by atoms with van der Waals surface area (Å²) in [5.74, 6) is 0. The van der Waals surface area contributed by atoms with Gasteiger partial charge in [-0.2, -0.15) is 0 Å². The zero-order valence-corrected chi connectivity index (χ0v) is 8.74. The molecular formula is C9H7IN2. The zero-order valence-electron chi connectivity index (χ0n) is 6.58. The lowest BCUT2D eigenvalue weighted by Crippen LogP contribution is -1.86. The van der Waals surface area contributed by atoms with Crippen LogP contribution in [0.15, 0.2) is 24.4 Å². The van der Waals surface area contributed by atoms with Crippen LogP contribution in [-0.2, 0) is 0 Å². The highest BCUT2D eigenvalue weighted by atomic mass is 127. The molecule has 3 heteroatoms. The van der Waals surface area contributed by atoms with Crippen LogP contribution in [0.4, 0.5) is 0 Å². The lowest BCUT2D eigenvalue weighted by Gasteiger charge is -1.97. The molecule has 2 heterocycles. The van der Waals surface area contributed by atoms with Crippen LogP contribution in [0.5, 0.6) is 0 Å². The van der Waals surface area contributed by atoms with Crippen molar-refractivity contribution in [2.45, 2.75) is 6.92 Å². The van der Waals surface area contributed by atoms with Gasteiger partial charge in [0.15, 0.2) is 5.65 Å². The molecular weight excluding hydrogens is 263 g/mol. The van der Waals surface area contributed by atoms with Gasteiger partial charge in [-0.15, -0.1) is 0 Å². The first-order chi connectivity index (χ1) is 5.75. The molecule has 2 nitrogen and oxygen atoms in total. The molecule has 0 fully saturated rings. The Hall–Kier alpha value is -0.710. The Labute approximate surface area is 84.2 Å². The molecule has 2 rings (SSSR count). The van der Waals surface area contributed by atoms with Crippen LogP contribution >= 0.6 is 22.6 Å². The van der Waals surface area contributed by atoms with E-state index in [-0.39, 0.29) is 0 Å². The van der Waals surface area contributed by atoms with Crippen molar-refractivity contribution in [2.24, 2.45) is 0 Å². The van der Waals surface area contributed by atoms with Gasteiger partial charge in [0.05, 0.1) is 0 Å². The van der Waals surface area contributed by atoms with Crippen molar-refractivity contribution in [3.05, 3.63) is 33.7 Å². The fraction of sp³-hybridized carbons (Fsp3) is 0.111. The van der Waals surface area contributed by atoms with Crippen LogP contribution in [0.2, 0.25) is 0 Å². The number of hydrogen-bond acceptors (Lipinski definition) is 2. The smallest absolute Gasteiger partial charge is 0.160 e. The van der Waals surface area contributed by atoms with Crippen molar-refractivity contribution < 1.29 is 0 Å². The maximum absolute atomic E-state index is 4.29. The molecule has 0 spiro atoms. The third kappa shape index (κ3) is 1.41. The van der Waals surface area contributed by atoms with E-state index in [0.717, 1.165) is 14.7 Å². The number of aryl methyl sites for hydroxylation is 1. The van der Waals surface area contributed by atoms with Crippen LogP contribution in [0.3, 0.4) is 0 Å². The van der Waals surface area contributed by atoms with Gasteiger partial charge >= 0.3 is 0 Å². The van der Waals surface area contributed by atoms with E-state index < -0.39 is 0 Å². The standard InChI is InChI=1S/C9H7IN2/c1-6-4-7-2-3-8(10)12-9(7)11-5-6/h2-5H,1H3. The predicted octanol–water partition coefficient (Wildman–Crippen LogP) is 2.54. The summed E-state index contributed by atoms with van der Waals surface area (Å²) in [6.07, 6.45) is 1.84. The van der Waals surface area contributed by atoms with Gasteiger partial charge in [-0.1, -0.05) is 0 Å². The fourth-order valence-corrected chi connectivity index (χ4v) is 1.51. The number of rotatable bonds is 0.